The summed E-state index contributed by atoms with van der Waals surface area (Å²) >= 11 is 0. The normalized spacial score (nSPS) is 26.0. The summed E-state index contributed by atoms with van der Waals surface area (Å²) in [7, 11) is 0. The minimum Gasteiger partial charge on any atom is -0.480 e. The number of nitrogens with zero attached hydrogens (tertiary/aromatic N) is 1. The van der Waals surface area contributed by atoms with Crippen molar-refractivity contribution >= 4 is 12.0 Å². The highest BCUT2D eigenvalue weighted by molar-refractivity contribution is 5.83. The lowest BCUT2D eigenvalue weighted by Gasteiger charge is -2.28. The molecule has 4 unspecified atom stereocenters. The number of aliphatic hydroxyl groups is 1. The second kappa shape index (κ2) is 6.75. The summed E-state index contributed by atoms with van der Waals surface area (Å²) in [4.78, 5) is 24.9. The van der Waals surface area contributed by atoms with E-state index < -0.39 is 18.0 Å². The van der Waals surface area contributed by atoms with E-state index in [1.807, 2.05) is 13.8 Å². The SMILES string of the molecule is CCC(C)C(NC(=O)N1CCC(C)C1CO)C(=O)O. The number of carboxylic acid groups (broad SMARTS) is 1. The first-order valence-electron chi connectivity index (χ1n) is 6.83. The molecule has 0 aromatic carbocycles. The summed E-state index contributed by atoms with van der Waals surface area (Å²) in [6, 6.07) is -1.49. The van der Waals surface area contributed by atoms with E-state index in [1.165, 1.54) is 0 Å². The molecule has 1 aliphatic rings. The molecule has 19 heavy (non-hydrogen) atoms. The smallest absolute Gasteiger partial charge is 0.326 e. The van der Waals surface area contributed by atoms with Crippen LogP contribution in [0.3, 0.4) is 0 Å². The monoisotopic (exact) mass is 272 g/mol. The second-order valence-corrected chi connectivity index (χ2v) is 5.36. The number of rotatable bonds is 5. The lowest BCUT2D eigenvalue weighted by Crippen LogP contribution is -2.52. The maximum absolute atomic E-state index is 12.1. The molecule has 2 amide bonds. The number of amides is 2. The number of hydrogen-bond donors (Lipinski definition) is 3. The van der Waals surface area contributed by atoms with Crippen LogP contribution in [0.15, 0.2) is 0 Å². The van der Waals surface area contributed by atoms with Crippen LogP contribution in [-0.4, -0.2) is 52.3 Å². The van der Waals surface area contributed by atoms with Gasteiger partial charge in [0.25, 0.3) is 0 Å². The van der Waals surface area contributed by atoms with Gasteiger partial charge in [0.2, 0.25) is 0 Å². The number of aliphatic carboxylic acids is 1. The van der Waals surface area contributed by atoms with Gasteiger partial charge in [0, 0.05) is 6.54 Å². The molecular weight excluding hydrogens is 248 g/mol. The number of hydrogen-bond acceptors (Lipinski definition) is 3. The van der Waals surface area contributed by atoms with Crippen LogP contribution in [0.25, 0.3) is 0 Å². The molecule has 1 aliphatic heterocycles. The van der Waals surface area contributed by atoms with Crippen molar-refractivity contribution in [2.75, 3.05) is 13.2 Å². The van der Waals surface area contributed by atoms with Crippen molar-refractivity contribution in [1.29, 1.82) is 0 Å². The van der Waals surface area contributed by atoms with Gasteiger partial charge in [-0.3, -0.25) is 0 Å². The molecule has 1 fully saturated rings. The van der Waals surface area contributed by atoms with Crippen LogP contribution in [0, 0.1) is 11.8 Å². The van der Waals surface area contributed by atoms with E-state index in [0.717, 1.165) is 6.42 Å². The maximum atomic E-state index is 12.1. The Morgan fingerprint density at radius 3 is 2.58 bits per heavy atom. The summed E-state index contributed by atoms with van der Waals surface area (Å²) in [6.45, 7) is 6.15. The minimum absolute atomic E-state index is 0.0876. The van der Waals surface area contributed by atoms with Crippen molar-refractivity contribution < 1.29 is 19.8 Å². The summed E-state index contributed by atoms with van der Waals surface area (Å²) in [5, 5.41) is 21.0. The number of carboxylic acids is 1. The van der Waals surface area contributed by atoms with Gasteiger partial charge < -0.3 is 20.4 Å². The van der Waals surface area contributed by atoms with Gasteiger partial charge in [-0.2, -0.15) is 0 Å². The number of carbonyl (C=O) groups excluding carboxylic acids is 1. The highest BCUT2D eigenvalue weighted by Crippen LogP contribution is 2.23. The van der Waals surface area contributed by atoms with Gasteiger partial charge in [-0.15, -0.1) is 0 Å². The third-order valence-electron chi connectivity index (χ3n) is 4.09. The highest BCUT2D eigenvalue weighted by atomic mass is 16.4. The average Bonchev–Trinajstić information content (AvgIpc) is 2.75. The van der Waals surface area contributed by atoms with Crippen LogP contribution >= 0.6 is 0 Å². The van der Waals surface area contributed by atoms with Gasteiger partial charge in [-0.05, 0) is 18.3 Å². The molecule has 0 aromatic rings. The molecule has 0 bridgehead atoms. The molecule has 1 heterocycles. The first-order chi connectivity index (χ1) is 8.92. The van der Waals surface area contributed by atoms with Crippen LogP contribution in [-0.2, 0) is 4.79 Å². The molecule has 0 aromatic heterocycles. The Bertz CT molecular complexity index is 335. The Kier molecular flexibility index (Phi) is 5.60. The zero-order valence-electron chi connectivity index (χ0n) is 11.8. The van der Waals surface area contributed by atoms with E-state index in [0.29, 0.717) is 13.0 Å². The predicted molar refractivity (Wildman–Crippen MR) is 70.8 cm³/mol. The summed E-state index contributed by atoms with van der Waals surface area (Å²) in [5.41, 5.74) is 0. The third-order valence-corrected chi connectivity index (χ3v) is 4.09. The molecule has 0 saturated carbocycles. The van der Waals surface area contributed by atoms with Gasteiger partial charge in [-0.1, -0.05) is 27.2 Å². The maximum Gasteiger partial charge on any atom is 0.326 e. The van der Waals surface area contributed by atoms with Crippen molar-refractivity contribution in [2.45, 2.75) is 45.7 Å². The fraction of sp³-hybridized carbons (Fsp3) is 0.846. The molecular formula is C13H24N2O4. The second-order valence-electron chi connectivity index (χ2n) is 5.36. The number of likely N-dealkylation sites (tertiary alicyclic amines) is 1. The molecule has 3 N–H and O–H groups in total. The van der Waals surface area contributed by atoms with Gasteiger partial charge >= 0.3 is 12.0 Å². The third kappa shape index (κ3) is 3.59. The molecule has 0 spiro atoms. The Morgan fingerprint density at radius 1 is 1.47 bits per heavy atom. The highest BCUT2D eigenvalue weighted by Gasteiger charge is 2.36. The fourth-order valence-electron chi connectivity index (χ4n) is 2.44. The first-order valence-corrected chi connectivity index (χ1v) is 6.83. The molecule has 4 atom stereocenters. The largest absolute Gasteiger partial charge is 0.480 e. The van der Waals surface area contributed by atoms with Crippen molar-refractivity contribution in [3.63, 3.8) is 0 Å². The van der Waals surface area contributed by atoms with E-state index in [2.05, 4.69) is 5.32 Å². The van der Waals surface area contributed by atoms with Crippen molar-refractivity contribution in [2.24, 2.45) is 11.8 Å². The molecule has 0 radical (unpaired) electrons. The van der Waals surface area contributed by atoms with Gasteiger partial charge in [0.05, 0.1) is 12.6 Å². The zero-order chi connectivity index (χ0) is 14.6. The lowest BCUT2D eigenvalue weighted by molar-refractivity contribution is -0.140. The van der Waals surface area contributed by atoms with Gasteiger partial charge in [0.1, 0.15) is 6.04 Å². The number of urea groups is 1. The Labute approximate surface area is 113 Å². The topological polar surface area (TPSA) is 89.9 Å². The van der Waals surface area contributed by atoms with Gasteiger partial charge in [0.15, 0.2) is 0 Å². The summed E-state index contributed by atoms with van der Waals surface area (Å²) in [6.07, 6.45) is 1.51. The average molecular weight is 272 g/mol. The standard InChI is InChI=1S/C13H24N2O4/c1-4-8(2)11(12(17)18)14-13(19)15-6-5-9(3)10(15)7-16/h8-11,16H,4-7H2,1-3H3,(H,14,19)(H,17,18). The quantitative estimate of drug-likeness (QED) is 0.693. The molecule has 6 heteroatoms. The van der Waals surface area contributed by atoms with E-state index in [4.69, 9.17) is 5.11 Å². The number of carbonyl (C=O) groups is 2. The van der Waals surface area contributed by atoms with E-state index in [9.17, 15) is 14.7 Å². The lowest BCUT2D eigenvalue weighted by atomic mass is 9.99. The Balaban J connectivity index is 2.69. The molecule has 1 saturated heterocycles. The van der Waals surface area contributed by atoms with Crippen molar-refractivity contribution in [3.05, 3.63) is 0 Å². The van der Waals surface area contributed by atoms with Crippen LogP contribution in [0.2, 0.25) is 0 Å². The van der Waals surface area contributed by atoms with Crippen LogP contribution in [0.5, 0.6) is 0 Å². The number of nitrogens with one attached hydrogen (secondary N) is 1. The minimum atomic E-state index is -1.02. The predicted octanol–water partition coefficient (Wildman–Crippen LogP) is 0.898. The summed E-state index contributed by atoms with van der Waals surface area (Å²) < 4.78 is 0. The van der Waals surface area contributed by atoms with Crippen LogP contribution in [0.4, 0.5) is 4.79 Å². The first kappa shape index (κ1) is 15.8. The van der Waals surface area contributed by atoms with E-state index in [1.54, 1.807) is 11.8 Å². The van der Waals surface area contributed by atoms with E-state index in [-0.39, 0.29) is 24.5 Å². The zero-order valence-corrected chi connectivity index (χ0v) is 11.8. The molecule has 110 valence electrons. The van der Waals surface area contributed by atoms with Crippen molar-refractivity contribution in [1.82, 2.24) is 10.2 Å². The fourth-order valence-corrected chi connectivity index (χ4v) is 2.44. The summed E-state index contributed by atoms with van der Waals surface area (Å²) in [5.74, 6) is -0.910. The Hall–Kier alpha value is -1.30. The number of aliphatic hydroxyl groups excluding tert-OH is 1. The molecule has 6 nitrogen and oxygen atoms in total. The molecule has 1 rings (SSSR count). The van der Waals surface area contributed by atoms with E-state index >= 15 is 0 Å². The van der Waals surface area contributed by atoms with Gasteiger partial charge in [-0.25, -0.2) is 9.59 Å². The van der Waals surface area contributed by atoms with Crippen LogP contribution in [0.1, 0.15) is 33.6 Å². The van der Waals surface area contributed by atoms with Crippen LogP contribution < -0.4 is 5.32 Å². The van der Waals surface area contributed by atoms with Crippen molar-refractivity contribution in [3.8, 4) is 0 Å². The Morgan fingerprint density at radius 2 is 2.11 bits per heavy atom. The molecule has 0 aliphatic carbocycles.